The number of amides is 2. The zero-order valence-electron chi connectivity index (χ0n) is 8.75. The molecule has 0 aromatic heterocycles. The highest BCUT2D eigenvalue weighted by Gasteiger charge is 2.19. The molecule has 0 aliphatic heterocycles. The van der Waals surface area contributed by atoms with Crippen LogP contribution in [0.25, 0.3) is 0 Å². The summed E-state index contributed by atoms with van der Waals surface area (Å²) >= 11 is 0. The molecule has 1 rings (SSSR count). The average molecular weight is 210 g/mol. The van der Waals surface area contributed by atoms with Crippen LogP contribution in [0.4, 0.5) is 4.79 Å². The molecule has 0 bridgehead atoms. The first-order chi connectivity index (χ1) is 7.11. The highest BCUT2D eigenvalue weighted by Crippen LogP contribution is 2.16. The molecule has 0 radical (unpaired) electrons. The lowest BCUT2D eigenvalue weighted by atomic mass is 9.92. The fourth-order valence-corrected chi connectivity index (χ4v) is 1.66. The van der Waals surface area contributed by atoms with Gasteiger partial charge in [-0.05, 0) is 31.8 Å². The van der Waals surface area contributed by atoms with Gasteiger partial charge in [0.05, 0.1) is 0 Å². The van der Waals surface area contributed by atoms with E-state index in [2.05, 4.69) is 17.2 Å². The third-order valence-corrected chi connectivity index (χ3v) is 2.56. The number of hydrogen-bond donors (Lipinski definition) is 4. The zero-order chi connectivity index (χ0) is 11.3. The van der Waals surface area contributed by atoms with E-state index in [0.29, 0.717) is 0 Å². The minimum atomic E-state index is -0.333. The molecular formula is C10H18N4O. The van der Waals surface area contributed by atoms with Crippen LogP contribution in [0.15, 0.2) is 12.7 Å². The van der Waals surface area contributed by atoms with E-state index in [4.69, 9.17) is 11.1 Å². The van der Waals surface area contributed by atoms with Crippen molar-refractivity contribution >= 4 is 11.9 Å². The van der Waals surface area contributed by atoms with Crippen LogP contribution in [0.5, 0.6) is 0 Å². The van der Waals surface area contributed by atoms with Gasteiger partial charge in [0.15, 0.2) is 0 Å². The smallest absolute Gasteiger partial charge is 0.320 e. The molecule has 0 saturated heterocycles. The maximum atomic E-state index is 11.3. The summed E-state index contributed by atoms with van der Waals surface area (Å²) in [6.45, 7) is 3.39. The third-order valence-electron chi connectivity index (χ3n) is 2.56. The summed E-state index contributed by atoms with van der Waals surface area (Å²) in [5.74, 6) is 0.0139. The number of amidine groups is 1. The zero-order valence-corrected chi connectivity index (χ0v) is 8.75. The minimum absolute atomic E-state index is 0.0139. The second-order valence-electron chi connectivity index (χ2n) is 3.83. The highest BCUT2D eigenvalue weighted by atomic mass is 16.2. The van der Waals surface area contributed by atoms with Crippen molar-refractivity contribution in [2.45, 2.75) is 37.8 Å². The van der Waals surface area contributed by atoms with Crippen LogP contribution in [0.3, 0.4) is 0 Å². The molecule has 5 N–H and O–H groups in total. The largest absolute Gasteiger partial charge is 0.335 e. The monoisotopic (exact) mass is 210 g/mol. The van der Waals surface area contributed by atoms with Crippen LogP contribution in [-0.2, 0) is 0 Å². The van der Waals surface area contributed by atoms with Crippen LogP contribution < -0.4 is 16.4 Å². The molecule has 1 fully saturated rings. The van der Waals surface area contributed by atoms with Crippen LogP contribution in [0.2, 0.25) is 0 Å². The van der Waals surface area contributed by atoms with E-state index in [0.717, 1.165) is 25.7 Å². The molecule has 5 heteroatoms. The molecule has 1 aliphatic carbocycles. The second-order valence-corrected chi connectivity index (χ2v) is 3.83. The molecule has 0 spiro atoms. The lowest BCUT2D eigenvalue weighted by molar-refractivity contribution is 0.235. The Labute approximate surface area is 89.6 Å². The van der Waals surface area contributed by atoms with Gasteiger partial charge in [-0.1, -0.05) is 6.58 Å². The molecule has 2 amide bonds. The van der Waals surface area contributed by atoms with Crippen molar-refractivity contribution in [2.75, 3.05) is 0 Å². The number of hydrogen-bond acceptors (Lipinski definition) is 3. The van der Waals surface area contributed by atoms with Gasteiger partial charge >= 0.3 is 6.03 Å². The standard InChI is InChI=1S/C10H18N4O/c1-2-9(12)14-10(15)13-8-5-3-7(11)4-6-8/h2,7-8H,1,3-6,11H2,(H3,12,13,14,15). The number of nitrogens with one attached hydrogen (secondary N) is 3. The Morgan fingerprint density at radius 1 is 1.40 bits per heavy atom. The molecule has 5 nitrogen and oxygen atoms in total. The van der Waals surface area contributed by atoms with Gasteiger partial charge in [0.25, 0.3) is 0 Å². The molecule has 15 heavy (non-hydrogen) atoms. The highest BCUT2D eigenvalue weighted by molar-refractivity contribution is 6.01. The van der Waals surface area contributed by atoms with Crippen molar-refractivity contribution in [3.63, 3.8) is 0 Å². The maximum Gasteiger partial charge on any atom is 0.320 e. The van der Waals surface area contributed by atoms with Crippen molar-refractivity contribution in [3.05, 3.63) is 12.7 Å². The predicted octanol–water partition coefficient (Wildman–Crippen LogP) is 0.719. The van der Waals surface area contributed by atoms with Crippen LogP contribution in [0, 0.1) is 5.41 Å². The minimum Gasteiger partial charge on any atom is -0.335 e. The van der Waals surface area contributed by atoms with Crippen LogP contribution in [-0.4, -0.2) is 24.0 Å². The molecular weight excluding hydrogens is 192 g/mol. The van der Waals surface area contributed by atoms with Gasteiger partial charge in [-0.25, -0.2) is 4.79 Å². The quantitative estimate of drug-likeness (QED) is 0.399. The van der Waals surface area contributed by atoms with Gasteiger partial charge < -0.3 is 11.1 Å². The fourth-order valence-electron chi connectivity index (χ4n) is 1.66. The summed E-state index contributed by atoms with van der Waals surface area (Å²) in [7, 11) is 0. The number of carbonyl (C=O) groups is 1. The van der Waals surface area contributed by atoms with E-state index >= 15 is 0 Å². The van der Waals surface area contributed by atoms with Gasteiger partial charge in [0.2, 0.25) is 0 Å². The summed E-state index contributed by atoms with van der Waals surface area (Å²) in [6, 6.07) is 0.125. The maximum absolute atomic E-state index is 11.3. The molecule has 1 aliphatic rings. The van der Waals surface area contributed by atoms with Gasteiger partial charge in [-0.3, -0.25) is 10.7 Å². The first-order valence-corrected chi connectivity index (χ1v) is 5.16. The normalized spacial score (nSPS) is 25.4. The van der Waals surface area contributed by atoms with Crippen LogP contribution >= 0.6 is 0 Å². The van der Waals surface area contributed by atoms with E-state index in [1.165, 1.54) is 6.08 Å². The summed E-state index contributed by atoms with van der Waals surface area (Å²) in [5, 5.41) is 12.4. The Hall–Kier alpha value is -1.36. The fraction of sp³-hybridized carbons (Fsp3) is 0.600. The molecule has 1 saturated carbocycles. The Bertz CT molecular complexity index is 256. The van der Waals surface area contributed by atoms with Crippen molar-refractivity contribution in [1.29, 1.82) is 5.41 Å². The predicted molar refractivity (Wildman–Crippen MR) is 59.8 cm³/mol. The number of urea groups is 1. The van der Waals surface area contributed by atoms with E-state index < -0.39 is 0 Å². The summed E-state index contributed by atoms with van der Waals surface area (Å²) < 4.78 is 0. The lowest BCUT2D eigenvalue weighted by Gasteiger charge is -2.26. The Morgan fingerprint density at radius 3 is 2.53 bits per heavy atom. The molecule has 0 unspecified atom stereocenters. The second kappa shape index (κ2) is 5.50. The number of carbonyl (C=O) groups excluding carboxylic acids is 1. The first kappa shape index (κ1) is 11.7. The molecule has 0 aromatic rings. The molecule has 0 atom stereocenters. The van der Waals surface area contributed by atoms with Crippen molar-refractivity contribution in [1.82, 2.24) is 10.6 Å². The molecule has 84 valence electrons. The van der Waals surface area contributed by atoms with Crippen molar-refractivity contribution < 1.29 is 4.79 Å². The van der Waals surface area contributed by atoms with Gasteiger partial charge in [-0.2, -0.15) is 0 Å². The summed E-state index contributed by atoms with van der Waals surface area (Å²) in [4.78, 5) is 11.3. The van der Waals surface area contributed by atoms with Gasteiger partial charge in [0.1, 0.15) is 5.84 Å². The molecule has 0 aromatic carbocycles. The average Bonchev–Trinajstić information content (AvgIpc) is 2.21. The lowest BCUT2D eigenvalue weighted by Crippen LogP contribution is -2.46. The SMILES string of the molecule is C=CC(=N)NC(=O)NC1CCC(N)CC1. The Morgan fingerprint density at radius 2 is 2.00 bits per heavy atom. The molecule has 0 heterocycles. The van der Waals surface area contributed by atoms with E-state index in [9.17, 15) is 4.79 Å². The Balaban J connectivity index is 2.26. The van der Waals surface area contributed by atoms with E-state index in [1.54, 1.807) is 0 Å². The third kappa shape index (κ3) is 4.12. The number of nitrogens with two attached hydrogens (primary N) is 1. The number of rotatable bonds is 2. The summed E-state index contributed by atoms with van der Waals surface area (Å²) in [5.41, 5.74) is 5.75. The van der Waals surface area contributed by atoms with Gasteiger partial charge in [0, 0.05) is 12.1 Å². The van der Waals surface area contributed by atoms with Gasteiger partial charge in [-0.15, -0.1) is 0 Å². The Kier molecular flexibility index (Phi) is 4.30. The topological polar surface area (TPSA) is 91.0 Å². The van der Waals surface area contributed by atoms with Crippen molar-refractivity contribution in [2.24, 2.45) is 5.73 Å². The van der Waals surface area contributed by atoms with E-state index in [-0.39, 0.29) is 24.0 Å². The van der Waals surface area contributed by atoms with Crippen LogP contribution in [0.1, 0.15) is 25.7 Å². The summed E-state index contributed by atoms with van der Waals surface area (Å²) in [6.07, 6.45) is 5.01. The van der Waals surface area contributed by atoms with Crippen molar-refractivity contribution in [3.8, 4) is 0 Å². The first-order valence-electron chi connectivity index (χ1n) is 5.16. The van der Waals surface area contributed by atoms with E-state index in [1.807, 2.05) is 0 Å².